The summed E-state index contributed by atoms with van der Waals surface area (Å²) < 4.78 is 13.2. The van der Waals surface area contributed by atoms with Gasteiger partial charge in [0.25, 0.3) is 0 Å². The van der Waals surface area contributed by atoms with E-state index in [1.165, 1.54) is 4.90 Å². The average molecular weight is 567 g/mol. The molecule has 1 aliphatic rings. The Morgan fingerprint density at radius 1 is 1.23 bits per heavy atom. The highest BCUT2D eigenvalue weighted by Gasteiger charge is 2.28. The van der Waals surface area contributed by atoms with Crippen LogP contribution in [0.1, 0.15) is 38.2 Å². The Kier molecular flexibility index (Phi) is 9.72. The van der Waals surface area contributed by atoms with E-state index in [-0.39, 0.29) is 25.0 Å². The van der Waals surface area contributed by atoms with Gasteiger partial charge in [-0.2, -0.15) is 5.26 Å². The molecular formula is C29H35ClN6O4. The van der Waals surface area contributed by atoms with Gasteiger partial charge in [0.05, 0.1) is 24.8 Å². The Hall–Kier alpha value is -3.97. The number of anilines is 1. The Labute approximate surface area is 239 Å². The molecule has 2 aromatic heterocycles. The number of fused-ring (bicyclic) bond motifs is 1. The van der Waals surface area contributed by atoms with E-state index in [9.17, 15) is 9.59 Å². The number of amides is 3. The van der Waals surface area contributed by atoms with Crippen molar-refractivity contribution in [3.05, 3.63) is 47.2 Å². The zero-order valence-corrected chi connectivity index (χ0v) is 24.0. The first-order valence-corrected chi connectivity index (χ1v) is 13.9. The summed E-state index contributed by atoms with van der Waals surface area (Å²) in [5.41, 5.74) is 2.16. The van der Waals surface area contributed by atoms with E-state index in [0.717, 1.165) is 36.9 Å². The molecule has 4 rings (SSSR count). The van der Waals surface area contributed by atoms with Crippen molar-refractivity contribution in [2.45, 2.75) is 45.7 Å². The lowest BCUT2D eigenvalue weighted by atomic mass is 10.1. The Morgan fingerprint density at radius 2 is 2.05 bits per heavy atom. The van der Waals surface area contributed by atoms with Gasteiger partial charge in [-0.3, -0.25) is 9.69 Å². The van der Waals surface area contributed by atoms with Crippen molar-refractivity contribution in [1.82, 2.24) is 19.4 Å². The maximum absolute atomic E-state index is 13.7. The SMILES string of the molecule is CCCCCOc1cc(N2CCCN(Cc3ccnc4c3c(Cl)cn4CC(=O)N(C)CC#N)C2=O)ccc1OC. The number of nitrogens with zero attached hydrogens (tertiary/aromatic N) is 6. The van der Waals surface area contributed by atoms with Crippen molar-refractivity contribution in [3.8, 4) is 17.6 Å². The zero-order chi connectivity index (χ0) is 28.6. The first-order chi connectivity index (χ1) is 19.4. The Bertz CT molecular complexity index is 1400. The lowest BCUT2D eigenvalue weighted by Crippen LogP contribution is -2.49. The van der Waals surface area contributed by atoms with Gasteiger partial charge >= 0.3 is 6.03 Å². The first kappa shape index (κ1) is 29.0. The molecular weight excluding hydrogens is 532 g/mol. The number of likely N-dealkylation sites (N-methyl/N-ethyl adjacent to an activating group) is 1. The summed E-state index contributed by atoms with van der Waals surface area (Å²) in [6.45, 7) is 4.29. The van der Waals surface area contributed by atoms with Crippen LogP contribution in [0, 0.1) is 11.3 Å². The molecule has 0 bridgehead atoms. The average Bonchev–Trinajstić information content (AvgIpc) is 3.27. The number of carbonyl (C=O) groups excluding carboxylic acids is 2. The van der Waals surface area contributed by atoms with Crippen LogP contribution in [0.4, 0.5) is 10.5 Å². The third-order valence-corrected chi connectivity index (χ3v) is 7.26. The second-order valence-corrected chi connectivity index (χ2v) is 10.2. The van der Waals surface area contributed by atoms with Gasteiger partial charge in [0.15, 0.2) is 11.5 Å². The molecule has 3 aromatic rings. The van der Waals surface area contributed by atoms with Crippen molar-refractivity contribution in [3.63, 3.8) is 0 Å². The van der Waals surface area contributed by atoms with Crippen molar-refractivity contribution in [2.75, 3.05) is 45.3 Å². The van der Waals surface area contributed by atoms with Crippen LogP contribution in [0.2, 0.25) is 5.02 Å². The summed E-state index contributed by atoms with van der Waals surface area (Å²) >= 11 is 6.62. The first-order valence-electron chi connectivity index (χ1n) is 13.5. The molecule has 0 spiro atoms. The molecule has 0 saturated carbocycles. The predicted molar refractivity (Wildman–Crippen MR) is 154 cm³/mol. The van der Waals surface area contributed by atoms with E-state index in [0.29, 0.717) is 53.8 Å². The van der Waals surface area contributed by atoms with Crippen molar-refractivity contribution in [1.29, 1.82) is 5.26 Å². The summed E-state index contributed by atoms with van der Waals surface area (Å²) in [6.07, 6.45) is 7.28. The van der Waals surface area contributed by atoms with Crippen LogP contribution in [0.15, 0.2) is 36.7 Å². The van der Waals surface area contributed by atoms with E-state index >= 15 is 0 Å². The van der Waals surface area contributed by atoms with Crippen molar-refractivity contribution >= 4 is 40.3 Å². The van der Waals surface area contributed by atoms with E-state index in [1.807, 2.05) is 30.3 Å². The fourth-order valence-electron chi connectivity index (χ4n) is 4.80. The molecule has 40 heavy (non-hydrogen) atoms. The van der Waals surface area contributed by atoms with Crippen molar-refractivity contribution in [2.24, 2.45) is 0 Å². The largest absolute Gasteiger partial charge is 0.493 e. The van der Waals surface area contributed by atoms with E-state index in [2.05, 4.69) is 11.9 Å². The molecule has 3 amide bonds. The van der Waals surface area contributed by atoms with Crippen LogP contribution >= 0.6 is 11.6 Å². The number of hydrogen-bond donors (Lipinski definition) is 0. The maximum atomic E-state index is 13.7. The van der Waals surface area contributed by atoms with Crippen molar-refractivity contribution < 1.29 is 19.1 Å². The summed E-state index contributed by atoms with van der Waals surface area (Å²) in [7, 11) is 3.19. The maximum Gasteiger partial charge on any atom is 0.324 e. The highest BCUT2D eigenvalue weighted by molar-refractivity contribution is 6.35. The smallest absolute Gasteiger partial charge is 0.324 e. The van der Waals surface area contributed by atoms with Crippen LogP contribution in [-0.4, -0.2) is 71.7 Å². The third-order valence-electron chi connectivity index (χ3n) is 6.97. The Morgan fingerprint density at radius 3 is 2.80 bits per heavy atom. The number of halogens is 1. The van der Waals surface area contributed by atoms with Gasteiger partial charge in [-0.05, 0) is 36.6 Å². The molecule has 1 saturated heterocycles. The molecule has 10 nitrogen and oxygen atoms in total. The van der Waals surface area contributed by atoms with Crippen LogP contribution in [-0.2, 0) is 17.9 Å². The molecule has 1 aliphatic heterocycles. The molecule has 0 atom stereocenters. The van der Waals surface area contributed by atoms with Crippen LogP contribution in [0.5, 0.6) is 11.5 Å². The van der Waals surface area contributed by atoms with Gasteiger partial charge in [-0.15, -0.1) is 0 Å². The fourth-order valence-corrected chi connectivity index (χ4v) is 5.12. The number of pyridine rings is 1. The van der Waals surface area contributed by atoms with Gasteiger partial charge in [-0.25, -0.2) is 9.78 Å². The second kappa shape index (κ2) is 13.4. The Balaban J connectivity index is 1.54. The number of aromatic nitrogens is 2. The summed E-state index contributed by atoms with van der Waals surface area (Å²) in [5, 5.41) is 10.0. The third kappa shape index (κ3) is 6.42. The quantitative estimate of drug-likeness (QED) is 0.224. The van der Waals surface area contributed by atoms with Crippen LogP contribution in [0.25, 0.3) is 11.0 Å². The standard InChI is InChI=1S/C29H35ClN6O4/c1-4-5-6-16-40-25-17-22(8-9-24(25)39-3)36-14-7-13-34(29(36)38)18-21-10-12-32-28-27(21)23(30)19-35(28)20-26(37)33(2)15-11-31/h8-10,12,17,19H,4-7,13-16,18,20H2,1-3H3. The number of rotatable bonds is 12. The van der Waals surface area contributed by atoms with Gasteiger partial charge in [0.2, 0.25) is 5.91 Å². The van der Waals surface area contributed by atoms with Gasteiger partial charge in [0.1, 0.15) is 18.7 Å². The monoisotopic (exact) mass is 566 g/mol. The normalized spacial score (nSPS) is 13.4. The summed E-state index contributed by atoms with van der Waals surface area (Å²) in [6, 6.07) is 9.29. The molecule has 11 heteroatoms. The number of ether oxygens (including phenoxy) is 2. The summed E-state index contributed by atoms with van der Waals surface area (Å²) in [5.74, 6) is 1.04. The molecule has 0 radical (unpaired) electrons. The molecule has 212 valence electrons. The lowest BCUT2D eigenvalue weighted by molar-refractivity contribution is -0.129. The number of nitriles is 1. The highest BCUT2D eigenvalue weighted by Crippen LogP contribution is 2.34. The highest BCUT2D eigenvalue weighted by atomic mass is 35.5. The number of unbranched alkanes of at least 4 members (excludes halogenated alkanes) is 2. The fraction of sp³-hybridized carbons (Fsp3) is 0.448. The molecule has 1 fully saturated rings. The van der Waals surface area contributed by atoms with Gasteiger partial charge in [0, 0.05) is 56.2 Å². The van der Waals surface area contributed by atoms with E-state index < -0.39 is 0 Å². The van der Waals surface area contributed by atoms with E-state index in [4.69, 9.17) is 26.3 Å². The topological polar surface area (TPSA) is 104 Å². The number of benzene rings is 1. The molecule has 1 aromatic carbocycles. The lowest BCUT2D eigenvalue weighted by Gasteiger charge is -2.36. The van der Waals surface area contributed by atoms with Crippen LogP contribution in [0.3, 0.4) is 0 Å². The number of hydrogen-bond acceptors (Lipinski definition) is 6. The van der Waals surface area contributed by atoms with Gasteiger partial charge in [-0.1, -0.05) is 31.4 Å². The minimum atomic E-state index is -0.225. The van der Waals surface area contributed by atoms with Crippen LogP contribution < -0.4 is 14.4 Å². The molecule has 0 aliphatic carbocycles. The zero-order valence-electron chi connectivity index (χ0n) is 23.2. The second-order valence-electron chi connectivity index (χ2n) is 9.78. The van der Waals surface area contributed by atoms with E-state index in [1.54, 1.807) is 40.9 Å². The molecule has 0 unspecified atom stereocenters. The minimum absolute atomic E-state index is 0.00130. The van der Waals surface area contributed by atoms with Gasteiger partial charge < -0.3 is 23.8 Å². The number of methoxy groups -OCH3 is 1. The number of urea groups is 1. The minimum Gasteiger partial charge on any atom is -0.493 e. The number of carbonyl (C=O) groups is 2. The predicted octanol–water partition coefficient (Wildman–Crippen LogP) is 5.08. The molecule has 0 N–H and O–H groups in total. The summed E-state index contributed by atoms with van der Waals surface area (Å²) in [4.78, 5) is 35.6. The molecule has 3 heterocycles.